The average molecular weight is 1110 g/mol. The van der Waals surface area contributed by atoms with E-state index >= 15 is 0 Å². The summed E-state index contributed by atoms with van der Waals surface area (Å²) in [6.07, 6.45) is 102. The normalized spacial score (nSPS) is 13.5. The van der Waals surface area contributed by atoms with Crippen LogP contribution >= 0.6 is 0 Å². The first-order valence-corrected chi connectivity index (χ1v) is 31.9. The molecule has 1 atom stereocenters. The van der Waals surface area contributed by atoms with Crippen molar-refractivity contribution in [3.63, 3.8) is 0 Å². The molecule has 450 valence electrons. The SMILES string of the molecule is CC/C=C\C/C=C\C/C=C\C/C=C\C/C=C\C/C=C\CCCCCCCCCCC(=O)OCC(COC(=O)CC/C=C\C/C=C\C/C=C\C/C=C\CC)OC(=O)CCCCCC/C=C\C/C=C\C/C=C\C/C=C\C/C=C\C/C=C\CC. The van der Waals surface area contributed by atoms with Gasteiger partial charge in [-0.25, -0.2) is 0 Å². The molecule has 81 heavy (non-hydrogen) atoms. The molecule has 0 rings (SSSR count). The van der Waals surface area contributed by atoms with Crippen LogP contribution in [0, 0.1) is 0 Å². The van der Waals surface area contributed by atoms with Crippen molar-refractivity contribution < 1.29 is 28.6 Å². The zero-order chi connectivity index (χ0) is 58.5. The number of unbranched alkanes of at least 4 members (excludes halogenated alkanes) is 12. The van der Waals surface area contributed by atoms with Crippen LogP contribution in [0.25, 0.3) is 0 Å². The molecule has 1 unspecified atom stereocenters. The third-order valence-corrected chi connectivity index (χ3v) is 12.6. The van der Waals surface area contributed by atoms with Crippen molar-refractivity contribution in [2.75, 3.05) is 13.2 Å². The van der Waals surface area contributed by atoms with E-state index in [4.69, 9.17) is 14.2 Å². The lowest BCUT2D eigenvalue weighted by atomic mass is 10.1. The molecule has 0 bridgehead atoms. The quantitative estimate of drug-likeness (QED) is 0.0261. The van der Waals surface area contributed by atoms with Crippen LogP contribution in [0.2, 0.25) is 0 Å². The van der Waals surface area contributed by atoms with Crippen LogP contribution in [0.1, 0.15) is 239 Å². The van der Waals surface area contributed by atoms with Crippen molar-refractivity contribution in [2.24, 2.45) is 0 Å². The molecule has 0 spiro atoms. The molecule has 0 amide bonds. The number of rotatable bonds is 55. The van der Waals surface area contributed by atoms with Crippen LogP contribution in [0.15, 0.2) is 194 Å². The molecule has 0 aromatic heterocycles. The molecule has 0 radical (unpaired) electrons. The number of allylic oxidation sites excluding steroid dienone is 32. The fourth-order valence-electron chi connectivity index (χ4n) is 7.93. The standard InChI is InChI=1S/C75H114O6/c1-4-7-10-13-16-19-22-25-27-29-31-33-35-36-37-38-40-41-43-45-47-50-53-56-59-62-65-68-74(77)80-71-72(70-79-73(76)67-64-61-58-55-52-49-24-21-18-15-12-9-6-3)81-75(78)69-66-63-60-57-54-51-48-46-44-42-39-34-32-30-28-26-23-20-17-14-11-8-5-2/h7-12,16-21,25-28,31-34,36-37,40-42,44,48-49,51-52,58,61,72H,4-6,13-15,22-24,29-30,35,38-39,43,45-47,50,53-57,59-60,62-71H2,1-3H3/b10-7-,11-8-,12-9-,19-16-,20-17-,21-18-,27-25-,28-26-,33-31-,34-32-,37-36-,41-40-,44-42-,51-48-,52-49-,61-58-. The van der Waals surface area contributed by atoms with Gasteiger partial charge in [-0.05, 0) is 148 Å². The number of esters is 3. The fraction of sp³-hybridized carbons (Fsp3) is 0.533. The van der Waals surface area contributed by atoms with Gasteiger partial charge in [-0.1, -0.05) is 267 Å². The highest BCUT2D eigenvalue weighted by Crippen LogP contribution is 2.13. The zero-order valence-electron chi connectivity index (χ0n) is 51.5. The second-order valence-electron chi connectivity index (χ2n) is 20.2. The Morgan fingerprint density at radius 2 is 0.469 bits per heavy atom. The molecule has 0 saturated heterocycles. The van der Waals surface area contributed by atoms with E-state index in [1.807, 2.05) is 12.2 Å². The number of carbonyl (C=O) groups is 3. The predicted molar refractivity (Wildman–Crippen MR) is 352 cm³/mol. The van der Waals surface area contributed by atoms with E-state index < -0.39 is 6.10 Å². The van der Waals surface area contributed by atoms with Crippen LogP contribution in [-0.4, -0.2) is 37.2 Å². The maximum Gasteiger partial charge on any atom is 0.306 e. The Morgan fingerprint density at radius 3 is 0.765 bits per heavy atom. The number of carbonyl (C=O) groups excluding carboxylic acids is 3. The average Bonchev–Trinajstić information content (AvgIpc) is 3.46. The predicted octanol–water partition coefficient (Wildman–Crippen LogP) is 22.2. The van der Waals surface area contributed by atoms with Gasteiger partial charge in [0.25, 0.3) is 0 Å². The summed E-state index contributed by atoms with van der Waals surface area (Å²) in [6.45, 7) is 6.19. The summed E-state index contributed by atoms with van der Waals surface area (Å²) in [4.78, 5) is 38.3. The second kappa shape index (κ2) is 66.8. The summed E-state index contributed by atoms with van der Waals surface area (Å²) in [7, 11) is 0. The Labute approximate surface area is 497 Å². The first-order valence-electron chi connectivity index (χ1n) is 31.9. The molecule has 0 aliphatic carbocycles. The minimum atomic E-state index is -0.838. The lowest BCUT2D eigenvalue weighted by molar-refractivity contribution is -0.166. The summed E-state index contributed by atoms with van der Waals surface area (Å²) < 4.78 is 16.8. The molecule has 0 saturated carbocycles. The van der Waals surface area contributed by atoms with Crippen molar-refractivity contribution in [2.45, 2.75) is 245 Å². The van der Waals surface area contributed by atoms with E-state index in [2.05, 4.69) is 203 Å². The highest BCUT2D eigenvalue weighted by atomic mass is 16.6. The van der Waals surface area contributed by atoms with Crippen molar-refractivity contribution >= 4 is 17.9 Å². The highest BCUT2D eigenvalue weighted by Gasteiger charge is 2.19. The van der Waals surface area contributed by atoms with Crippen LogP contribution in [-0.2, 0) is 28.6 Å². The third-order valence-electron chi connectivity index (χ3n) is 12.6. The topological polar surface area (TPSA) is 78.9 Å². The van der Waals surface area contributed by atoms with Gasteiger partial charge in [0.05, 0.1) is 0 Å². The summed E-state index contributed by atoms with van der Waals surface area (Å²) in [6, 6.07) is 0. The van der Waals surface area contributed by atoms with Gasteiger partial charge in [-0.3, -0.25) is 14.4 Å². The van der Waals surface area contributed by atoms with E-state index in [-0.39, 0.29) is 44.0 Å². The lowest BCUT2D eigenvalue weighted by Gasteiger charge is -2.18. The Bertz CT molecular complexity index is 1950. The minimum Gasteiger partial charge on any atom is -0.462 e. The van der Waals surface area contributed by atoms with Gasteiger partial charge in [0.15, 0.2) is 6.10 Å². The molecule has 0 aromatic carbocycles. The van der Waals surface area contributed by atoms with Gasteiger partial charge in [0.2, 0.25) is 0 Å². The Balaban J connectivity index is 4.48. The minimum absolute atomic E-state index is 0.126. The largest absolute Gasteiger partial charge is 0.462 e. The molecule has 0 N–H and O–H groups in total. The van der Waals surface area contributed by atoms with Crippen molar-refractivity contribution in [3.05, 3.63) is 194 Å². The van der Waals surface area contributed by atoms with Crippen LogP contribution in [0.4, 0.5) is 0 Å². The van der Waals surface area contributed by atoms with Crippen molar-refractivity contribution in [1.29, 1.82) is 0 Å². The van der Waals surface area contributed by atoms with Gasteiger partial charge in [0, 0.05) is 19.3 Å². The van der Waals surface area contributed by atoms with Crippen LogP contribution in [0.3, 0.4) is 0 Å². The van der Waals surface area contributed by atoms with Gasteiger partial charge in [-0.15, -0.1) is 0 Å². The highest BCUT2D eigenvalue weighted by molar-refractivity contribution is 5.71. The van der Waals surface area contributed by atoms with E-state index in [0.717, 1.165) is 154 Å². The molecule has 0 aliphatic heterocycles. The molecule has 0 heterocycles. The van der Waals surface area contributed by atoms with Crippen molar-refractivity contribution in [3.8, 4) is 0 Å². The van der Waals surface area contributed by atoms with Crippen LogP contribution < -0.4 is 0 Å². The van der Waals surface area contributed by atoms with E-state index in [9.17, 15) is 14.4 Å². The molecule has 0 aromatic rings. The van der Waals surface area contributed by atoms with E-state index in [1.54, 1.807) is 0 Å². The summed E-state index contributed by atoms with van der Waals surface area (Å²) in [5.41, 5.74) is 0. The van der Waals surface area contributed by atoms with Crippen LogP contribution in [0.5, 0.6) is 0 Å². The first kappa shape index (κ1) is 75.2. The fourth-order valence-corrected chi connectivity index (χ4v) is 7.93. The third kappa shape index (κ3) is 64.9. The Morgan fingerprint density at radius 1 is 0.247 bits per heavy atom. The first-order chi connectivity index (χ1) is 40.0. The molecule has 6 nitrogen and oxygen atoms in total. The summed E-state index contributed by atoms with van der Waals surface area (Å²) in [5.74, 6) is -1.05. The molecule has 0 fully saturated rings. The number of hydrogen-bond acceptors (Lipinski definition) is 6. The van der Waals surface area contributed by atoms with Gasteiger partial charge in [0.1, 0.15) is 13.2 Å². The number of ether oxygens (including phenoxy) is 3. The maximum atomic E-state index is 12.9. The lowest BCUT2D eigenvalue weighted by Crippen LogP contribution is -2.30. The Kier molecular flexibility index (Phi) is 62.0. The maximum absolute atomic E-state index is 12.9. The summed E-state index contributed by atoms with van der Waals surface area (Å²) >= 11 is 0. The van der Waals surface area contributed by atoms with E-state index in [0.29, 0.717) is 19.3 Å². The molecular formula is C75H114O6. The zero-order valence-corrected chi connectivity index (χ0v) is 51.5. The smallest absolute Gasteiger partial charge is 0.306 e. The number of hydrogen-bond donors (Lipinski definition) is 0. The van der Waals surface area contributed by atoms with Gasteiger partial charge >= 0.3 is 17.9 Å². The second-order valence-corrected chi connectivity index (χ2v) is 20.2. The Hall–Kier alpha value is -5.75. The molecule has 6 heteroatoms. The summed E-state index contributed by atoms with van der Waals surface area (Å²) in [5, 5.41) is 0. The van der Waals surface area contributed by atoms with E-state index in [1.165, 1.54) is 32.1 Å². The molecular weight excluding hydrogens is 997 g/mol. The monoisotopic (exact) mass is 1110 g/mol. The molecule has 0 aliphatic rings. The van der Waals surface area contributed by atoms with Crippen molar-refractivity contribution in [1.82, 2.24) is 0 Å². The van der Waals surface area contributed by atoms with Gasteiger partial charge < -0.3 is 14.2 Å². The van der Waals surface area contributed by atoms with Gasteiger partial charge in [-0.2, -0.15) is 0 Å².